The zero-order chi connectivity index (χ0) is 10.4. The Morgan fingerprint density at radius 3 is 2.71 bits per heavy atom. The highest BCUT2D eigenvalue weighted by Gasteiger charge is 1.98. The minimum atomic E-state index is 0.687. The van der Waals surface area contributed by atoms with E-state index in [2.05, 4.69) is 18.0 Å². The molecular formula is C11H15Cl2N. The van der Waals surface area contributed by atoms with E-state index in [1.807, 2.05) is 18.2 Å². The summed E-state index contributed by atoms with van der Waals surface area (Å²) in [5.74, 6) is 0.687. The van der Waals surface area contributed by atoms with Crippen LogP contribution in [0.3, 0.4) is 0 Å². The van der Waals surface area contributed by atoms with Gasteiger partial charge in [-0.3, -0.25) is 0 Å². The lowest BCUT2D eigenvalue weighted by atomic mass is 10.1. The zero-order valence-electron chi connectivity index (χ0n) is 8.34. The molecule has 0 fully saturated rings. The molecule has 0 saturated carbocycles. The van der Waals surface area contributed by atoms with Crippen molar-refractivity contribution in [3.63, 3.8) is 0 Å². The van der Waals surface area contributed by atoms with Gasteiger partial charge in [0.1, 0.15) is 0 Å². The second-order valence-corrected chi connectivity index (χ2v) is 4.19. The Hall–Kier alpha value is -0.240. The van der Waals surface area contributed by atoms with Crippen LogP contribution in [0.4, 0.5) is 0 Å². The lowest BCUT2D eigenvalue weighted by Crippen LogP contribution is -2.23. The number of halogens is 2. The molecule has 0 spiro atoms. The predicted octanol–water partition coefficient (Wildman–Crippen LogP) is 3.05. The third kappa shape index (κ3) is 4.32. The van der Waals surface area contributed by atoms with Crippen LogP contribution in [0, 0.1) is 0 Å². The molecule has 0 aliphatic heterocycles. The summed E-state index contributed by atoms with van der Waals surface area (Å²) in [5.41, 5.74) is 1.28. The van der Waals surface area contributed by atoms with E-state index in [-0.39, 0.29) is 0 Å². The first-order valence-corrected chi connectivity index (χ1v) is 5.62. The molecule has 0 aliphatic carbocycles. The maximum atomic E-state index is 5.89. The van der Waals surface area contributed by atoms with Gasteiger partial charge < -0.3 is 4.90 Å². The lowest BCUT2D eigenvalue weighted by Gasteiger charge is -2.14. The highest BCUT2D eigenvalue weighted by molar-refractivity contribution is 6.30. The molecule has 0 radical (unpaired) electrons. The number of hydrogen-bond donors (Lipinski definition) is 0. The Morgan fingerprint density at radius 1 is 1.29 bits per heavy atom. The summed E-state index contributed by atoms with van der Waals surface area (Å²) in [7, 11) is 2.08. The van der Waals surface area contributed by atoms with Gasteiger partial charge in [-0.05, 0) is 31.2 Å². The predicted molar refractivity (Wildman–Crippen MR) is 63.4 cm³/mol. The maximum Gasteiger partial charge on any atom is 0.0408 e. The molecule has 0 atom stereocenters. The van der Waals surface area contributed by atoms with Crippen LogP contribution in [-0.2, 0) is 6.42 Å². The highest BCUT2D eigenvalue weighted by Crippen LogP contribution is 2.11. The molecule has 1 aromatic rings. The second-order valence-electron chi connectivity index (χ2n) is 3.37. The molecule has 0 saturated heterocycles. The first kappa shape index (κ1) is 11.8. The van der Waals surface area contributed by atoms with E-state index in [1.165, 1.54) is 5.56 Å². The Bertz CT molecular complexity index is 276. The van der Waals surface area contributed by atoms with E-state index in [4.69, 9.17) is 23.2 Å². The van der Waals surface area contributed by atoms with Gasteiger partial charge in [-0.15, -0.1) is 11.6 Å². The quantitative estimate of drug-likeness (QED) is 0.705. The number of alkyl halides is 1. The first-order valence-electron chi connectivity index (χ1n) is 4.71. The van der Waals surface area contributed by atoms with Crippen molar-refractivity contribution < 1.29 is 0 Å². The molecule has 78 valence electrons. The third-order valence-electron chi connectivity index (χ3n) is 2.14. The molecule has 0 aromatic heterocycles. The smallest absolute Gasteiger partial charge is 0.0408 e. The first-order chi connectivity index (χ1) is 6.72. The Balaban J connectivity index is 2.37. The summed E-state index contributed by atoms with van der Waals surface area (Å²) in [6, 6.07) is 7.99. The van der Waals surface area contributed by atoms with Gasteiger partial charge in [0.05, 0.1) is 0 Å². The number of likely N-dealkylation sites (N-methyl/N-ethyl adjacent to an activating group) is 1. The molecule has 0 heterocycles. The van der Waals surface area contributed by atoms with Crippen LogP contribution in [0.5, 0.6) is 0 Å². The molecular weight excluding hydrogens is 217 g/mol. The summed E-state index contributed by atoms with van der Waals surface area (Å²) in [6.45, 7) is 1.95. The molecule has 14 heavy (non-hydrogen) atoms. The minimum Gasteiger partial charge on any atom is -0.305 e. The van der Waals surface area contributed by atoms with Crippen LogP contribution in [0.1, 0.15) is 5.56 Å². The minimum absolute atomic E-state index is 0.687. The van der Waals surface area contributed by atoms with Crippen LogP contribution in [0.25, 0.3) is 0 Å². The molecule has 0 aliphatic rings. The van der Waals surface area contributed by atoms with E-state index >= 15 is 0 Å². The topological polar surface area (TPSA) is 3.24 Å². The second kappa shape index (κ2) is 6.28. The van der Waals surface area contributed by atoms with E-state index in [9.17, 15) is 0 Å². The van der Waals surface area contributed by atoms with Gasteiger partial charge >= 0.3 is 0 Å². The molecule has 0 unspecified atom stereocenters. The monoisotopic (exact) mass is 231 g/mol. The van der Waals surface area contributed by atoms with Crippen molar-refractivity contribution in [1.82, 2.24) is 4.90 Å². The van der Waals surface area contributed by atoms with E-state index in [1.54, 1.807) is 0 Å². The summed E-state index contributed by atoms with van der Waals surface area (Å²) < 4.78 is 0. The van der Waals surface area contributed by atoms with Gasteiger partial charge in [0.15, 0.2) is 0 Å². The summed E-state index contributed by atoms with van der Waals surface area (Å²) in [6.07, 6.45) is 1.02. The summed E-state index contributed by atoms with van der Waals surface area (Å²) >= 11 is 11.5. The van der Waals surface area contributed by atoms with E-state index in [0.717, 1.165) is 24.5 Å². The number of rotatable bonds is 5. The van der Waals surface area contributed by atoms with Crippen LogP contribution < -0.4 is 0 Å². The molecule has 0 amide bonds. The van der Waals surface area contributed by atoms with E-state index < -0.39 is 0 Å². The standard InChI is InChI=1S/C11H15Cl2N/c1-14(8-6-12)7-5-10-3-2-4-11(13)9-10/h2-4,9H,5-8H2,1H3. The molecule has 0 bridgehead atoms. The summed E-state index contributed by atoms with van der Waals surface area (Å²) in [5, 5.41) is 0.808. The Morgan fingerprint density at radius 2 is 2.07 bits per heavy atom. The average Bonchev–Trinajstić information content (AvgIpc) is 2.15. The number of nitrogens with zero attached hydrogens (tertiary/aromatic N) is 1. The fourth-order valence-electron chi connectivity index (χ4n) is 1.27. The Kier molecular flexibility index (Phi) is 5.31. The normalized spacial score (nSPS) is 10.9. The van der Waals surface area contributed by atoms with Gasteiger partial charge in [0.25, 0.3) is 0 Å². The number of benzene rings is 1. The highest BCUT2D eigenvalue weighted by atomic mass is 35.5. The van der Waals surface area contributed by atoms with Crippen molar-refractivity contribution in [1.29, 1.82) is 0 Å². The van der Waals surface area contributed by atoms with Gasteiger partial charge in [-0.25, -0.2) is 0 Å². The van der Waals surface area contributed by atoms with Crippen molar-refractivity contribution in [3.8, 4) is 0 Å². The fraction of sp³-hybridized carbons (Fsp3) is 0.455. The van der Waals surface area contributed by atoms with Crippen LogP contribution in [0.2, 0.25) is 5.02 Å². The van der Waals surface area contributed by atoms with Crippen LogP contribution >= 0.6 is 23.2 Å². The lowest BCUT2D eigenvalue weighted by molar-refractivity contribution is 0.359. The largest absolute Gasteiger partial charge is 0.305 e. The molecule has 1 rings (SSSR count). The molecule has 1 nitrogen and oxygen atoms in total. The fourth-order valence-corrected chi connectivity index (χ4v) is 1.77. The molecule has 1 aromatic carbocycles. The van der Waals surface area contributed by atoms with Crippen LogP contribution in [-0.4, -0.2) is 30.9 Å². The van der Waals surface area contributed by atoms with Crippen LogP contribution in [0.15, 0.2) is 24.3 Å². The van der Waals surface area contributed by atoms with Crippen molar-refractivity contribution in [2.24, 2.45) is 0 Å². The molecule has 3 heteroatoms. The van der Waals surface area contributed by atoms with Crippen molar-refractivity contribution >= 4 is 23.2 Å². The van der Waals surface area contributed by atoms with Gasteiger partial charge in [-0.2, -0.15) is 0 Å². The summed E-state index contributed by atoms with van der Waals surface area (Å²) in [4.78, 5) is 2.22. The van der Waals surface area contributed by atoms with Gasteiger partial charge in [0.2, 0.25) is 0 Å². The van der Waals surface area contributed by atoms with Gasteiger partial charge in [-0.1, -0.05) is 23.7 Å². The maximum absolute atomic E-state index is 5.89. The molecule has 0 N–H and O–H groups in total. The van der Waals surface area contributed by atoms with Crippen molar-refractivity contribution in [2.45, 2.75) is 6.42 Å². The van der Waals surface area contributed by atoms with Gasteiger partial charge in [0, 0.05) is 24.0 Å². The average molecular weight is 232 g/mol. The van der Waals surface area contributed by atoms with E-state index in [0.29, 0.717) is 5.88 Å². The van der Waals surface area contributed by atoms with Crippen molar-refractivity contribution in [2.75, 3.05) is 26.0 Å². The third-order valence-corrected chi connectivity index (χ3v) is 2.54. The zero-order valence-corrected chi connectivity index (χ0v) is 9.85. The SMILES string of the molecule is CN(CCCl)CCc1cccc(Cl)c1. The Labute approximate surface area is 95.6 Å². The van der Waals surface area contributed by atoms with Crippen molar-refractivity contribution in [3.05, 3.63) is 34.9 Å². The number of hydrogen-bond acceptors (Lipinski definition) is 1.